The minimum atomic E-state index is -0.803. The van der Waals surface area contributed by atoms with Crippen LogP contribution < -0.4 is 15.4 Å². The summed E-state index contributed by atoms with van der Waals surface area (Å²) < 4.78 is 6.82. The molecule has 2 aliphatic carbocycles. The molecule has 2 aromatic heterocycles. The van der Waals surface area contributed by atoms with Crippen LogP contribution in [0.3, 0.4) is 0 Å². The van der Waals surface area contributed by atoms with Crippen molar-refractivity contribution in [3.8, 4) is 5.88 Å². The highest BCUT2D eigenvalue weighted by atomic mass is 16.5. The number of nitrogens with one attached hydrogen (secondary N) is 3. The number of oxime groups is 1. The standard InChI is InChI=1S/C22H28N8O4/c1-12(29-33)18(23)20(31)28-19(17(13-3-4-13)14-5-6-14)21(32)27-15-9-26-30(10-15)11-16-22(34-2)25-8-7-24-16/h7-10,13-14,17,19,23,33H,3-6,11H2,1-2H3,(H,27,32)(H,28,31)/b23-18?,29-12-/t19-/m0/s1. The van der Waals surface area contributed by atoms with Gasteiger partial charge in [0, 0.05) is 18.6 Å². The second-order valence-corrected chi connectivity index (χ2v) is 8.69. The first-order valence-corrected chi connectivity index (χ1v) is 11.2. The average molecular weight is 469 g/mol. The molecular weight excluding hydrogens is 440 g/mol. The predicted octanol–water partition coefficient (Wildman–Crippen LogP) is 1.46. The Morgan fingerprint density at radius 2 is 1.94 bits per heavy atom. The Balaban J connectivity index is 1.48. The second-order valence-electron chi connectivity index (χ2n) is 8.69. The summed E-state index contributed by atoms with van der Waals surface area (Å²) in [4.78, 5) is 34.3. The fourth-order valence-electron chi connectivity index (χ4n) is 4.18. The van der Waals surface area contributed by atoms with Gasteiger partial charge in [-0.2, -0.15) is 5.10 Å². The maximum atomic E-state index is 13.3. The summed E-state index contributed by atoms with van der Waals surface area (Å²) in [6.07, 6.45) is 10.4. The predicted molar refractivity (Wildman–Crippen MR) is 122 cm³/mol. The molecule has 2 fully saturated rings. The molecule has 2 heterocycles. The number of methoxy groups -OCH3 is 1. The Bertz CT molecular complexity index is 1090. The summed E-state index contributed by atoms with van der Waals surface area (Å²) >= 11 is 0. The summed E-state index contributed by atoms with van der Waals surface area (Å²) in [5.74, 6) is 0.0379. The quantitative estimate of drug-likeness (QED) is 0.220. The highest BCUT2D eigenvalue weighted by Crippen LogP contribution is 2.50. The van der Waals surface area contributed by atoms with Crippen molar-refractivity contribution < 1.29 is 19.5 Å². The van der Waals surface area contributed by atoms with E-state index in [1.54, 1.807) is 17.1 Å². The third-order valence-corrected chi connectivity index (χ3v) is 6.17. The van der Waals surface area contributed by atoms with Crippen molar-refractivity contribution in [2.24, 2.45) is 22.9 Å². The number of rotatable bonds is 11. The van der Waals surface area contributed by atoms with Crippen LogP contribution in [0.25, 0.3) is 0 Å². The van der Waals surface area contributed by atoms with Crippen molar-refractivity contribution in [3.05, 3.63) is 30.5 Å². The number of hydrogen-bond acceptors (Lipinski definition) is 9. The molecule has 0 spiro atoms. The van der Waals surface area contributed by atoms with Gasteiger partial charge in [-0.15, -0.1) is 0 Å². The minimum absolute atomic E-state index is 0.00187. The Labute approximate surface area is 196 Å². The molecule has 4 rings (SSSR count). The highest BCUT2D eigenvalue weighted by Gasteiger charge is 2.48. The smallest absolute Gasteiger partial charge is 0.271 e. The molecule has 0 bridgehead atoms. The summed E-state index contributed by atoms with van der Waals surface area (Å²) in [7, 11) is 1.51. The van der Waals surface area contributed by atoms with Gasteiger partial charge >= 0.3 is 0 Å². The van der Waals surface area contributed by atoms with Gasteiger partial charge in [0.2, 0.25) is 11.8 Å². The SMILES string of the molecule is COc1nccnc1Cn1cc(NC(=O)[C@@H](NC(=O)C(=N)/C(C)=N\O)C(C2CC2)C2CC2)cn1. The number of aromatic nitrogens is 4. The van der Waals surface area contributed by atoms with Crippen LogP contribution in [0.1, 0.15) is 38.3 Å². The Morgan fingerprint density at radius 1 is 1.26 bits per heavy atom. The van der Waals surface area contributed by atoms with E-state index in [0.29, 0.717) is 35.6 Å². The fourth-order valence-corrected chi connectivity index (χ4v) is 4.18. The number of ether oxygens (including phenoxy) is 1. The van der Waals surface area contributed by atoms with Crippen molar-refractivity contribution in [1.29, 1.82) is 5.41 Å². The van der Waals surface area contributed by atoms with Crippen LogP contribution >= 0.6 is 0 Å². The zero-order valence-electron chi connectivity index (χ0n) is 19.1. The minimum Gasteiger partial charge on any atom is -0.480 e. The van der Waals surface area contributed by atoms with E-state index in [1.807, 2.05) is 0 Å². The molecule has 12 nitrogen and oxygen atoms in total. The molecule has 34 heavy (non-hydrogen) atoms. The molecule has 4 N–H and O–H groups in total. The molecule has 2 aliphatic rings. The summed E-state index contributed by atoms with van der Waals surface area (Å²) in [6.45, 7) is 1.66. The van der Waals surface area contributed by atoms with Gasteiger partial charge in [0.1, 0.15) is 23.2 Å². The lowest BCUT2D eigenvalue weighted by Gasteiger charge is -2.27. The van der Waals surface area contributed by atoms with E-state index < -0.39 is 17.7 Å². The summed E-state index contributed by atoms with van der Waals surface area (Å²) in [5.41, 5.74) is 0.474. The normalized spacial score (nSPS) is 16.7. The molecule has 0 unspecified atom stereocenters. The lowest BCUT2D eigenvalue weighted by Crippen LogP contribution is -2.52. The van der Waals surface area contributed by atoms with Crippen LogP contribution in [0, 0.1) is 23.2 Å². The monoisotopic (exact) mass is 468 g/mol. The van der Waals surface area contributed by atoms with Gasteiger partial charge in [0.05, 0.1) is 25.5 Å². The molecule has 0 aliphatic heterocycles. The van der Waals surface area contributed by atoms with Crippen LogP contribution in [0.4, 0.5) is 5.69 Å². The van der Waals surface area contributed by atoms with E-state index in [2.05, 4.69) is 30.9 Å². The number of nitrogens with zero attached hydrogens (tertiary/aromatic N) is 5. The first-order valence-electron chi connectivity index (χ1n) is 11.2. The third-order valence-electron chi connectivity index (χ3n) is 6.17. The fraction of sp³-hybridized carbons (Fsp3) is 0.500. The maximum absolute atomic E-state index is 13.3. The van der Waals surface area contributed by atoms with Gasteiger partial charge in [-0.1, -0.05) is 5.16 Å². The van der Waals surface area contributed by atoms with Gasteiger partial charge < -0.3 is 20.6 Å². The number of carbonyl (C=O) groups is 2. The highest BCUT2D eigenvalue weighted by molar-refractivity contribution is 6.65. The Morgan fingerprint density at radius 3 is 2.56 bits per heavy atom. The zero-order valence-corrected chi connectivity index (χ0v) is 19.1. The van der Waals surface area contributed by atoms with E-state index in [9.17, 15) is 9.59 Å². The van der Waals surface area contributed by atoms with Crippen molar-refractivity contribution in [1.82, 2.24) is 25.1 Å². The molecule has 2 amide bonds. The average Bonchev–Trinajstić information content (AvgIpc) is 3.78. The maximum Gasteiger partial charge on any atom is 0.271 e. The molecule has 0 radical (unpaired) electrons. The molecule has 0 aromatic carbocycles. The van der Waals surface area contributed by atoms with E-state index >= 15 is 0 Å². The molecule has 2 saturated carbocycles. The van der Waals surface area contributed by atoms with Crippen LogP contribution in [-0.2, 0) is 16.1 Å². The topological polar surface area (TPSA) is 167 Å². The van der Waals surface area contributed by atoms with Gasteiger partial charge in [-0.25, -0.2) is 4.98 Å². The molecule has 0 saturated heterocycles. The molecule has 12 heteroatoms. The molecule has 1 atom stereocenters. The van der Waals surface area contributed by atoms with Crippen molar-refractivity contribution >= 4 is 28.9 Å². The number of anilines is 1. The van der Waals surface area contributed by atoms with E-state index in [0.717, 1.165) is 25.7 Å². The lowest BCUT2D eigenvalue weighted by atomic mass is 9.88. The summed E-state index contributed by atoms with van der Waals surface area (Å²) in [6, 6.07) is -0.803. The summed E-state index contributed by atoms with van der Waals surface area (Å²) in [5, 5.41) is 29.6. The Hall–Kier alpha value is -3.83. The van der Waals surface area contributed by atoms with E-state index in [1.165, 1.54) is 26.4 Å². The first-order chi connectivity index (χ1) is 16.4. The second kappa shape index (κ2) is 9.98. The van der Waals surface area contributed by atoms with Gasteiger partial charge in [0.25, 0.3) is 5.91 Å². The number of amides is 2. The van der Waals surface area contributed by atoms with Crippen LogP contribution in [0.2, 0.25) is 0 Å². The van der Waals surface area contributed by atoms with Crippen LogP contribution in [0.5, 0.6) is 5.88 Å². The number of hydrogen-bond donors (Lipinski definition) is 4. The first kappa shape index (κ1) is 23.3. The molecule has 2 aromatic rings. The number of carbonyl (C=O) groups excluding carboxylic acids is 2. The van der Waals surface area contributed by atoms with Crippen molar-refractivity contribution in [2.45, 2.75) is 45.2 Å². The largest absolute Gasteiger partial charge is 0.480 e. The van der Waals surface area contributed by atoms with E-state index in [-0.39, 0.29) is 17.5 Å². The Kier molecular flexibility index (Phi) is 6.85. The van der Waals surface area contributed by atoms with Gasteiger partial charge in [-0.05, 0) is 50.4 Å². The van der Waals surface area contributed by atoms with Crippen molar-refractivity contribution in [3.63, 3.8) is 0 Å². The van der Waals surface area contributed by atoms with E-state index in [4.69, 9.17) is 15.4 Å². The van der Waals surface area contributed by atoms with Gasteiger partial charge in [-0.3, -0.25) is 24.7 Å². The third kappa shape index (κ3) is 5.38. The van der Waals surface area contributed by atoms with Gasteiger partial charge in [0.15, 0.2) is 0 Å². The van der Waals surface area contributed by atoms with Crippen LogP contribution in [0.15, 0.2) is 29.9 Å². The van der Waals surface area contributed by atoms with Crippen LogP contribution in [-0.4, -0.2) is 61.3 Å². The van der Waals surface area contributed by atoms with Crippen molar-refractivity contribution in [2.75, 3.05) is 12.4 Å². The zero-order chi connectivity index (χ0) is 24.2. The molecular formula is C22H28N8O4. The molecule has 180 valence electrons. The lowest BCUT2D eigenvalue weighted by molar-refractivity contribution is -0.124.